The van der Waals surface area contributed by atoms with E-state index in [2.05, 4.69) is 5.32 Å². The first-order valence-electron chi connectivity index (χ1n) is 5.99. The fourth-order valence-corrected chi connectivity index (χ4v) is 1.60. The van der Waals surface area contributed by atoms with E-state index in [0.717, 1.165) is 5.56 Å². The summed E-state index contributed by atoms with van der Waals surface area (Å²) in [5.74, 6) is -2.37. The molecule has 0 fully saturated rings. The van der Waals surface area contributed by atoms with Gasteiger partial charge < -0.3 is 21.9 Å². The minimum absolute atomic E-state index is 0.0512. The third-order valence-electron chi connectivity index (χ3n) is 2.81. The molecule has 7 heteroatoms. The molecule has 1 atom stereocenters. The zero-order valence-electron chi connectivity index (χ0n) is 11.1. The third kappa shape index (κ3) is 4.27. The van der Waals surface area contributed by atoms with Crippen molar-refractivity contribution in [3.63, 3.8) is 0 Å². The van der Waals surface area contributed by atoms with Crippen LogP contribution in [0.2, 0.25) is 0 Å². The van der Waals surface area contributed by atoms with Gasteiger partial charge in [-0.3, -0.25) is 9.59 Å². The molecule has 0 bridgehead atoms. The topological polar surface area (TPSA) is 136 Å². The van der Waals surface area contributed by atoms with Crippen molar-refractivity contribution < 1.29 is 19.5 Å². The molecule has 0 spiro atoms. The smallest absolute Gasteiger partial charge is 0.326 e. The normalized spacial score (nSPS) is 11.7. The van der Waals surface area contributed by atoms with E-state index in [0.29, 0.717) is 11.3 Å². The van der Waals surface area contributed by atoms with Crippen LogP contribution in [0.4, 0.5) is 5.69 Å². The van der Waals surface area contributed by atoms with Gasteiger partial charge in [0, 0.05) is 17.7 Å². The van der Waals surface area contributed by atoms with E-state index in [4.69, 9.17) is 16.6 Å². The van der Waals surface area contributed by atoms with Gasteiger partial charge in [-0.05, 0) is 37.1 Å². The molecule has 0 aliphatic rings. The summed E-state index contributed by atoms with van der Waals surface area (Å²) in [6.45, 7) is 1.74. The van der Waals surface area contributed by atoms with Gasteiger partial charge in [0.1, 0.15) is 6.04 Å². The molecule has 0 radical (unpaired) electrons. The third-order valence-corrected chi connectivity index (χ3v) is 2.81. The lowest BCUT2D eigenvalue weighted by Gasteiger charge is -2.14. The SMILES string of the molecule is Cc1cc(C(=O)N[C@@H](CCC(N)=O)C(=O)O)ccc1N. The first-order valence-corrected chi connectivity index (χ1v) is 5.99. The van der Waals surface area contributed by atoms with Crippen LogP contribution in [0.15, 0.2) is 18.2 Å². The molecule has 108 valence electrons. The lowest BCUT2D eigenvalue weighted by Crippen LogP contribution is -2.41. The van der Waals surface area contributed by atoms with E-state index < -0.39 is 23.8 Å². The number of carboxylic acids is 1. The molecule has 1 aromatic rings. The maximum absolute atomic E-state index is 11.9. The van der Waals surface area contributed by atoms with Crippen molar-refractivity contribution in [2.75, 3.05) is 5.73 Å². The molecular formula is C13H17N3O4. The van der Waals surface area contributed by atoms with Crippen molar-refractivity contribution >= 4 is 23.5 Å². The number of aliphatic carboxylic acids is 1. The molecular weight excluding hydrogens is 262 g/mol. The Morgan fingerprint density at radius 3 is 2.50 bits per heavy atom. The van der Waals surface area contributed by atoms with Crippen LogP contribution in [0.25, 0.3) is 0 Å². The summed E-state index contributed by atoms with van der Waals surface area (Å²) >= 11 is 0. The number of nitrogens with one attached hydrogen (secondary N) is 1. The summed E-state index contributed by atoms with van der Waals surface area (Å²) in [5.41, 5.74) is 12.2. The van der Waals surface area contributed by atoms with Crippen LogP contribution in [0, 0.1) is 6.92 Å². The Balaban J connectivity index is 2.77. The highest BCUT2D eigenvalue weighted by atomic mass is 16.4. The molecule has 1 aromatic carbocycles. The van der Waals surface area contributed by atoms with Crippen LogP contribution in [-0.4, -0.2) is 28.9 Å². The molecule has 0 heterocycles. The maximum Gasteiger partial charge on any atom is 0.326 e. The Bertz CT molecular complexity index is 542. The number of carboxylic acid groups (broad SMARTS) is 1. The Morgan fingerprint density at radius 1 is 1.35 bits per heavy atom. The van der Waals surface area contributed by atoms with E-state index in [1.54, 1.807) is 19.1 Å². The first kappa shape index (κ1) is 15.5. The number of hydrogen-bond acceptors (Lipinski definition) is 4. The molecule has 20 heavy (non-hydrogen) atoms. The number of anilines is 1. The van der Waals surface area contributed by atoms with Crippen molar-refractivity contribution in [3.8, 4) is 0 Å². The van der Waals surface area contributed by atoms with Crippen LogP contribution in [0.1, 0.15) is 28.8 Å². The van der Waals surface area contributed by atoms with Crippen LogP contribution in [0.3, 0.4) is 0 Å². The van der Waals surface area contributed by atoms with E-state index in [1.807, 2.05) is 0 Å². The van der Waals surface area contributed by atoms with E-state index >= 15 is 0 Å². The van der Waals surface area contributed by atoms with E-state index in [-0.39, 0.29) is 12.8 Å². The first-order chi connectivity index (χ1) is 9.31. The number of amides is 2. The number of rotatable bonds is 6. The average Bonchev–Trinajstić information content (AvgIpc) is 2.36. The van der Waals surface area contributed by atoms with Gasteiger partial charge in [0.2, 0.25) is 5.91 Å². The Kier molecular flexibility index (Phi) is 5.08. The highest BCUT2D eigenvalue weighted by Crippen LogP contribution is 2.13. The summed E-state index contributed by atoms with van der Waals surface area (Å²) in [6, 6.07) is 3.49. The van der Waals surface area contributed by atoms with Gasteiger partial charge in [0.05, 0.1) is 0 Å². The number of nitrogens with two attached hydrogens (primary N) is 2. The van der Waals surface area contributed by atoms with Crippen molar-refractivity contribution in [2.45, 2.75) is 25.8 Å². The highest BCUT2D eigenvalue weighted by Gasteiger charge is 2.21. The molecule has 0 aliphatic heterocycles. The van der Waals surface area contributed by atoms with Gasteiger partial charge in [-0.25, -0.2) is 4.79 Å². The molecule has 0 unspecified atom stereocenters. The number of carbonyl (C=O) groups is 3. The van der Waals surface area contributed by atoms with Gasteiger partial charge in [-0.1, -0.05) is 0 Å². The lowest BCUT2D eigenvalue weighted by molar-refractivity contribution is -0.139. The van der Waals surface area contributed by atoms with Gasteiger partial charge in [0.15, 0.2) is 0 Å². The van der Waals surface area contributed by atoms with Crippen molar-refractivity contribution in [1.29, 1.82) is 0 Å². The van der Waals surface area contributed by atoms with Crippen molar-refractivity contribution in [2.24, 2.45) is 5.73 Å². The summed E-state index contributed by atoms with van der Waals surface area (Å²) in [6.07, 6.45) is -0.164. The number of aryl methyl sites for hydroxylation is 1. The quantitative estimate of drug-likeness (QED) is 0.544. The zero-order chi connectivity index (χ0) is 15.3. The maximum atomic E-state index is 11.9. The molecule has 0 saturated heterocycles. The number of primary amides is 1. The summed E-state index contributed by atoms with van der Waals surface area (Å²) < 4.78 is 0. The standard InChI is InChI=1S/C13H17N3O4/c1-7-6-8(2-3-9(7)14)12(18)16-10(13(19)20)4-5-11(15)17/h2-3,6,10H,4-5,14H2,1H3,(H2,15,17)(H,16,18)(H,19,20)/t10-/m0/s1. The van der Waals surface area contributed by atoms with E-state index in [9.17, 15) is 14.4 Å². The second kappa shape index (κ2) is 6.55. The minimum atomic E-state index is -1.22. The van der Waals surface area contributed by atoms with Crippen molar-refractivity contribution in [1.82, 2.24) is 5.32 Å². The van der Waals surface area contributed by atoms with Gasteiger partial charge in [-0.2, -0.15) is 0 Å². The van der Waals surface area contributed by atoms with Gasteiger partial charge in [-0.15, -0.1) is 0 Å². The van der Waals surface area contributed by atoms with Crippen LogP contribution in [0.5, 0.6) is 0 Å². The van der Waals surface area contributed by atoms with Crippen molar-refractivity contribution in [3.05, 3.63) is 29.3 Å². The Morgan fingerprint density at radius 2 is 2.00 bits per heavy atom. The average molecular weight is 279 g/mol. The molecule has 0 aliphatic carbocycles. The zero-order valence-corrected chi connectivity index (χ0v) is 11.1. The predicted octanol–water partition coefficient (Wildman–Crippen LogP) is 0.0257. The summed E-state index contributed by atoms with van der Waals surface area (Å²) in [7, 11) is 0. The minimum Gasteiger partial charge on any atom is -0.480 e. The van der Waals surface area contributed by atoms with Gasteiger partial charge >= 0.3 is 5.97 Å². The molecule has 7 nitrogen and oxygen atoms in total. The number of hydrogen-bond donors (Lipinski definition) is 4. The van der Waals surface area contributed by atoms with E-state index in [1.165, 1.54) is 6.07 Å². The summed E-state index contributed by atoms with van der Waals surface area (Å²) in [4.78, 5) is 33.6. The van der Waals surface area contributed by atoms with Crippen LogP contribution >= 0.6 is 0 Å². The van der Waals surface area contributed by atoms with Crippen LogP contribution < -0.4 is 16.8 Å². The highest BCUT2D eigenvalue weighted by molar-refractivity contribution is 5.97. The molecule has 0 aromatic heterocycles. The Labute approximate surface area is 115 Å². The second-order valence-electron chi connectivity index (χ2n) is 4.44. The number of benzene rings is 1. The lowest BCUT2D eigenvalue weighted by atomic mass is 10.1. The molecule has 2 amide bonds. The largest absolute Gasteiger partial charge is 0.480 e. The second-order valence-corrected chi connectivity index (χ2v) is 4.44. The number of carbonyl (C=O) groups excluding carboxylic acids is 2. The monoisotopic (exact) mass is 279 g/mol. The fourth-order valence-electron chi connectivity index (χ4n) is 1.60. The predicted molar refractivity (Wildman–Crippen MR) is 72.9 cm³/mol. The molecule has 0 saturated carbocycles. The fraction of sp³-hybridized carbons (Fsp3) is 0.308. The molecule has 1 rings (SSSR count). The van der Waals surface area contributed by atoms with Crippen LogP contribution in [-0.2, 0) is 9.59 Å². The Hall–Kier alpha value is -2.57. The molecule has 6 N–H and O–H groups in total. The summed E-state index contributed by atoms with van der Waals surface area (Å²) in [5, 5.41) is 11.3. The van der Waals surface area contributed by atoms with Gasteiger partial charge in [0.25, 0.3) is 5.91 Å². The number of nitrogen functional groups attached to an aromatic ring is 1.